The molecule has 0 aliphatic heterocycles. The van der Waals surface area contributed by atoms with Crippen LogP contribution in [0.25, 0.3) is 88.7 Å². The molecule has 0 N–H and O–H groups in total. The van der Waals surface area contributed by atoms with E-state index in [-0.39, 0.29) is 5.41 Å². The van der Waals surface area contributed by atoms with Crippen molar-refractivity contribution in [1.29, 1.82) is 0 Å². The lowest BCUT2D eigenvalue weighted by Gasteiger charge is -2.25. The molecule has 6 aromatic carbocycles. The van der Waals surface area contributed by atoms with Gasteiger partial charge in [-0.15, -0.1) is 0 Å². The van der Waals surface area contributed by atoms with Crippen LogP contribution in [0.1, 0.15) is 25.0 Å². The molecule has 0 radical (unpaired) electrons. The van der Waals surface area contributed by atoms with Crippen LogP contribution in [0.3, 0.4) is 0 Å². The van der Waals surface area contributed by atoms with Gasteiger partial charge in [-0.2, -0.15) is 0 Å². The summed E-state index contributed by atoms with van der Waals surface area (Å²) in [6, 6.07) is 58.2. The minimum atomic E-state index is -0.165. The maximum Gasteiger partial charge on any atom is 0.0972 e. The monoisotopic (exact) mass is 651 g/mol. The minimum Gasteiger partial charge on any atom is -0.247 e. The Bertz CT molecular complexity index is 2820. The van der Waals surface area contributed by atoms with Gasteiger partial charge in [-0.05, 0) is 57.6 Å². The average molecular weight is 652 g/mol. The van der Waals surface area contributed by atoms with Gasteiger partial charge >= 0.3 is 0 Å². The number of hydrogen-bond donors (Lipinski definition) is 0. The van der Waals surface area contributed by atoms with Crippen LogP contribution >= 0.6 is 0 Å². The van der Waals surface area contributed by atoms with E-state index in [0.717, 1.165) is 61.1 Å². The maximum atomic E-state index is 5.23. The molecule has 3 heteroatoms. The molecule has 51 heavy (non-hydrogen) atoms. The number of benzene rings is 6. The third-order valence-corrected chi connectivity index (χ3v) is 10.6. The summed E-state index contributed by atoms with van der Waals surface area (Å²) in [5.41, 5.74) is 16.5. The summed E-state index contributed by atoms with van der Waals surface area (Å²) in [5, 5.41) is 3.35. The quantitative estimate of drug-likeness (QED) is 0.178. The van der Waals surface area contributed by atoms with Crippen molar-refractivity contribution in [3.8, 4) is 56.0 Å². The van der Waals surface area contributed by atoms with Crippen molar-refractivity contribution in [2.45, 2.75) is 19.3 Å². The van der Waals surface area contributed by atoms with Gasteiger partial charge < -0.3 is 0 Å². The van der Waals surface area contributed by atoms with Gasteiger partial charge in [-0.25, -0.2) is 15.0 Å². The number of rotatable bonds is 4. The predicted octanol–water partition coefficient (Wildman–Crippen LogP) is 12.3. The van der Waals surface area contributed by atoms with Crippen molar-refractivity contribution in [2.24, 2.45) is 0 Å². The van der Waals surface area contributed by atoms with Gasteiger partial charge in [0.15, 0.2) is 0 Å². The molecular weight excluding hydrogens is 619 g/mol. The van der Waals surface area contributed by atoms with Crippen molar-refractivity contribution in [2.75, 3.05) is 0 Å². The molecule has 0 spiro atoms. The van der Waals surface area contributed by atoms with E-state index in [1.807, 2.05) is 18.2 Å². The first kappa shape index (κ1) is 29.5. The molecule has 3 aromatic heterocycles. The fraction of sp³-hybridized carbons (Fsp3) is 0.0625. The largest absolute Gasteiger partial charge is 0.247 e. The lowest BCUT2D eigenvalue weighted by Crippen LogP contribution is -2.16. The first-order valence-corrected chi connectivity index (χ1v) is 17.5. The van der Waals surface area contributed by atoms with Gasteiger partial charge in [0.1, 0.15) is 0 Å². The van der Waals surface area contributed by atoms with Crippen molar-refractivity contribution in [1.82, 2.24) is 15.0 Å². The number of fused-ring (bicyclic) bond motifs is 7. The van der Waals surface area contributed by atoms with E-state index in [1.54, 1.807) is 0 Å². The zero-order chi connectivity index (χ0) is 34.1. The molecule has 240 valence electrons. The molecule has 0 unspecified atom stereocenters. The molecule has 3 heterocycles. The highest BCUT2D eigenvalue weighted by Gasteiger charge is 2.39. The molecule has 0 saturated carbocycles. The van der Waals surface area contributed by atoms with Gasteiger partial charge in [-0.1, -0.05) is 153 Å². The molecule has 0 amide bonds. The van der Waals surface area contributed by atoms with Crippen molar-refractivity contribution < 1.29 is 0 Å². The maximum absolute atomic E-state index is 5.23. The van der Waals surface area contributed by atoms with E-state index >= 15 is 0 Å². The number of para-hydroxylation sites is 1. The van der Waals surface area contributed by atoms with Crippen LogP contribution in [0.5, 0.6) is 0 Å². The molecule has 0 saturated heterocycles. The van der Waals surface area contributed by atoms with Crippen LogP contribution < -0.4 is 0 Å². The number of hydrogen-bond acceptors (Lipinski definition) is 3. The fourth-order valence-corrected chi connectivity index (χ4v) is 8.07. The number of nitrogens with zero attached hydrogens (tertiary/aromatic N) is 3. The average Bonchev–Trinajstić information content (AvgIpc) is 3.42. The SMILES string of the molecule is CC1(C)c2ccccc2-c2nc3ccccc3c(-c3ccc(-c4cccc(-c5ccc6ccc7ccc(-c8ccccc8)nc7c6n5)c4)cc3)c21. The molecular formula is C48H33N3. The Hall–Kier alpha value is -6.45. The Balaban J connectivity index is 1.05. The van der Waals surface area contributed by atoms with Crippen molar-refractivity contribution in [3.05, 3.63) is 175 Å². The molecule has 1 aliphatic rings. The smallest absolute Gasteiger partial charge is 0.0972 e. The van der Waals surface area contributed by atoms with Gasteiger partial charge in [0, 0.05) is 38.3 Å². The predicted molar refractivity (Wildman–Crippen MR) is 212 cm³/mol. The standard InChI is InChI=1S/C48H33N3/c1-48(2)39-17-8-6-15-37(39)47-44(48)43(38-16-7-9-18-42(38)51-47)32-21-19-30(20-22-32)35-13-10-14-36(29-35)41-28-26-34-24-23-33-25-27-40(31-11-4-3-5-12-31)49-45(33)46(34)50-41/h3-29H,1-2H3. The fourth-order valence-electron chi connectivity index (χ4n) is 8.07. The first-order chi connectivity index (χ1) is 25.0. The molecule has 10 rings (SSSR count). The Kier molecular flexibility index (Phi) is 6.53. The van der Waals surface area contributed by atoms with Crippen LogP contribution in [0.4, 0.5) is 0 Å². The molecule has 0 fully saturated rings. The third-order valence-electron chi connectivity index (χ3n) is 10.6. The normalized spacial score (nSPS) is 13.1. The Labute approximate surface area is 297 Å². The summed E-state index contributed by atoms with van der Waals surface area (Å²) in [7, 11) is 0. The van der Waals surface area contributed by atoms with Crippen molar-refractivity contribution in [3.63, 3.8) is 0 Å². The van der Waals surface area contributed by atoms with Crippen LogP contribution in [-0.4, -0.2) is 15.0 Å². The zero-order valence-electron chi connectivity index (χ0n) is 28.4. The summed E-state index contributed by atoms with van der Waals surface area (Å²) in [6.07, 6.45) is 0. The molecule has 1 aliphatic carbocycles. The summed E-state index contributed by atoms with van der Waals surface area (Å²) < 4.78 is 0. The van der Waals surface area contributed by atoms with Crippen LogP contribution in [-0.2, 0) is 5.41 Å². The Morgan fingerprint density at radius 1 is 0.431 bits per heavy atom. The Morgan fingerprint density at radius 2 is 1.02 bits per heavy atom. The van der Waals surface area contributed by atoms with E-state index in [2.05, 4.69) is 159 Å². The second kappa shape index (κ2) is 11.3. The van der Waals surface area contributed by atoms with Crippen LogP contribution in [0.2, 0.25) is 0 Å². The van der Waals surface area contributed by atoms with Gasteiger partial charge in [0.05, 0.1) is 33.6 Å². The molecule has 9 aromatic rings. The van der Waals surface area contributed by atoms with Crippen LogP contribution in [0.15, 0.2) is 164 Å². The van der Waals surface area contributed by atoms with Gasteiger partial charge in [-0.3, -0.25) is 0 Å². The van der Waals surface area contributed by atoms with E-state index in [0.29, 0.717) is 0 Å². The Morgan fingerprint density at radius 3 is 1.78 bits per heavy atom. The third kappa shape index (κ3) is 4.69. The number of pyridine rings is 3. The summed E-state index contributed by atoms with van der Waals surface area (Å²) in [4.78, 5) is 15.5. The zero-order valence-corrected chi connectivity index (χ0v) is 28.4. The van der Waals surface area contributed by atoms with E-state index in [9.17, 15) is 0 Å². The summed E-state index contributed by atoms with van der Waals surface area (Å²) in [5.74, 6) is 0. The van der Waals surface area contributed by atoms with E-state index in [4.69, 9.17) is 15.0 Å². The second-order valence-electron chi connectivity index (χ2n) is 14.0. The van der Waals surface area contributed by atoms with E-state index in [1.165, 1.54) is 38.8 Å². The number of aromatic nitrogens is 3. The van der Waals surface area contributed by atoms with Crippen LogP contribution in [0, 0.1) is 0 Å². The second-order valence-corrected chi connectivity index (χ2v) is 14.0. The summed E-state index contributed by atoms with van der Waals surface area (Å²) in [6.45, 7) is 4.67. The summed E-state index contributed by atoms with van der Waals surface area (Å²) >= 11 is 0. The molecule has 3 nitrogen and oxygen atoms in total. The molecule has 0 atom stereocenters. The topological polar surface area (TPSA) is 38.7 Å². The van der Waals surface area contributed by atoms with Crippen molar-refractivity contribution >= 4 is 32.7 Å². The lowest BCUT2D eigenvalue weighted by atomic mass is 9.78. The lowest BCUT2D eigenvalue weighted by molar-refractivity contribution is 0.662. The highest BCUT2D eigenvalue weighted by atomic mass is 14.8. The molecule has 0 bridgehead atoms. The van der Waals surface area contributed by atoms with Gasteiger partial charge in [0.2, 0.25) is 0 Å². The minimum absolute atomic E-state index is 0.165. The highest BCUT2D eigenvalue weighted by Crippen LogP contribution is 2.53. The first-order valence-electron chi connectivity index (χ1n) is 17.5. The highest BCUT2D eigenvalue weighted by molar-refractivity contribution is 6.05. The van der Waals surface area contributed by atoms with Gasteiger partial charge in [0.25, 0.3) is 0 Å². The van der Waals surface area contributed by atoms with E-state index < -0.39 is 0 Å².